The largest absolute Gasteiger partial charge is 0.508 e. The quantitative estimate of drug-likeness (QED) is 0.227. The number of ether oxygens (including phenoxy) is 1. The Bertz CT molecular complexity index is 1100. The van der Waals surface area contributed by atoms with Crippen LogP contribution < -0.4 is 5.32 Å². The fraction of sp³-hybridized carbons (Fsp3) is 0.606. The summed E-state index contributed by atoms with van der Waals surface area (Å²) in [5.41, 5.74) is 1.88. The number of quaternary nitrogens is 1. The maximum atomic E-state index is 12.6. The van der Waals surface area contributed by atoms with Crippen LogP contribution in [0.4, 0.5) is 0 Å². The van der Waals surface area contributed by atoms with E-state index in [2.05, 4.69) is 26.2 Å². The van der Waals surface area contributed by atoms with Gasteiger partial charge in [0.25, 0.3) is 0 Å². The number of aliphatic hydroxyl groups is 3. The zero-order valence-electron chi connectivity index (χ0n) is 25.6. The molecule has 2 heterocycles. The Morgan fingerprint density at radius 1 is 1.02 bits per heavy atom. The van der Waals surface area contributed by atoms with Crippen LogP contribution in [0.5, 0.6) is 5.75 Å². The van der Waals surface area contributed by atoms with Gasteiger partial charge in [0.1, 0.15) is 17.8 Å². The second-order valence-corrected chi connectivity index (χ2v) is 13.1. The number of rotatable bonds is 9. The monoisotopic (exact) mass is 571 g/mol. The third-order valence-electron chi connectivity index (χ3n) is 9.03. The second-order valence-electron chi connectivity index (χ2n) is 13.1. The predicted molar refractivity (Wildman–Crippen MR) is 160 cm³/mol. The van der Waals surface area contributed by atoms with Crippen LogP contribution >= 0.6 is 0 Å². The first-order chi connectivity index (χ1) is 19.3. The van der Waals surface area contributed by atoms with E-state index in [1.165, 1.54) is 18.9 Å². The van der Waals surface area contributed by atoms with E-state index in [-0.39, 0.29) is 36.6 Å². The summed E-state index contributed by atoms with van der Waals surface area (Å²) in [6.07, 6.45) is 3.71. The molecule has 0 aliphatic carbocycles. The number of phenols is 1. The van der Waals surface area contributed by atoms with Gasteiger partial charge in [-0.2, -0.15) is 0 Å². The highest BCUT2D eigenvalue weighted by Crippen LogP contribution is 2.44. The average molecular weight is 572 g/mol. The van der Waals surface area contributed by atoms with Crippen molar-refractivity contribution >= 4 is 5.97 Å². The molecule has 8 nitrogen and oxygen atoms in total. The van der Waals surface area contributed by atoms with E-state index in [1.807, 2.05) is 51.1 Å². The Labute approximate surface area is 245 Å². The number of carbonyl (C=O) groups is 1. The van der Waals surface area contributed by atoms with Crippen LogP contribution in [-0.4, -0.2) is 80.8 Å². The van der Waals surface area contributed by atoms with Gasteiger partial charge in [0.2, 0.25) is 0 Å². The van der Waals surface area contributed by atoms with Crippen molar-refractivity contribution in [2.45, 2.75) is 109 Å². The fourth-order valence-corrected chi connectivity index (χ4v) is 6.28. The number of carbonyl (C=O) groups excluding carboxylic acids is 1. The molecule has 2 bridgehead atoms. The number of hydrogen-bond donors (Lipinski definition) is 5. The Hall–Kier alpha value is -2.49. The highest BCUT2D eigenvalue weighted by Gasteiger charge is 2.53. The molecule has 41 heavy (non-hydrogen) atoms. The number of β-amino-alcohol motifs (C(OH)–C–C–N with tert-alkyl or cyclic N) is 1. The normalized spacial score (nSPS) is 25.3. The number of benzene rings is 2. The van der Waals surface area contributed by atoms with Gasteiger partial charge in [-0.25, -0.2) is 0 Å². The second kappa shape index (κ2) is 14.1. The van der Waals surface area contributed by atoms with E-state index < -0.39 is 12.0 Å². The lowest BCUT2D eigenvalue weighted by Crippen LogP contribution is -2.62. The van der Waals surface area contributed by atoms with E-state index in [9.17, 15) is 20.1 Å². The molecule has 2 fully saturated rings. The predicted octanol–water partition coefficient (Wildman–Crippen LogP) is 4.16. The molecule has 2 aliphatic rings. The summed E-state index contributed by atoms with van der Waals surface area (Å²) in [6, 6.07) is 16.0. The number of aromatic hydroxyl groups is 1. The Balaban J connectivity index is 0.000000241. The molecule has 2 aliphatic heterocycles. The van der Waals surface area contributed by atoms with Crippen LogP contribution in [-0.2, 0) is 16.1 Å². The maximum Gasteiger partial charge on any atom is 0.316 e. The van der Waals surface area contributed by atoms with Crippen molar-refractivity contribution < 1.29 is 34.4 Å². The van der Waals surface area contributed by atoms with Crippen molar-refractivity contribution in [1.29, 1.82) is 0 Å². The van der Waals surface area contributed by atoms with Crippen LogP contribution in [0.15, 0.2) is 48.5 Å². The van der Waals surface area contributed by atoms with Gasteiger partial charge in [-0.1, -0.05) is 36.4 Å². The number of fused-ring (bicyclic) bond motifs is 2. The van der Waals surface area contributed by atoms with Crippen molar-refractivity contribution in [3.05, 3.63) is 65.2 Å². The molecule has 0 amide bonds. The summed E-state index contributed by atoms with van der Waals surface area (Å²) >= 11 is 0. The van der Waals surface area contributed by atoms with Crippen LogP contribution in [0.1, 0.15) is 89.0 Å². The Morgan fingerprint density at radius 3 is 2.15 bits per heavy atom. The summed E-state index contributed by atoms with van der Waals surface area (Å²) in [5.74, 6) is -0.808. The lowest BCUT2D eigenvalue weighted by atomic mass is 9.94. The van der Waals surface area contributed by atoms with Gasteiger partial charge in [-0.3, -0.25) is 4.79 Å². The number of nitrogens with one attached hydrogen (secondary N) is 1. The van der Waals surface area contributed by atoms with Gasteiger partial charge in [-0.05, 0) is 57.9 Å². The lowest BCUT2D eigenvalue weighted by molar-refractivity contribution is -0.968. The summed E-state index contributed by atoms with van der Waals surface area (Å²) in [5, 5.41) is 41.3. The Morgan fingerprint density at radius 2 is 1.63 bits per heavy atom. The molecule has 5 N–H and O–H groups in total. The van der Waals surface area contributed by atoms with Crippen molar-refractivity contribution in [2.75, 3.05) is 20.2 Å². The minimum absolute atomic E-state index is 0.00212. The number of esters is 1. The summed E-state index contributed by atoms with van der Waals surface area (Å²) < 4.78 is 6.96. The number of hydrogen-bond acceptors (Lipinski definition) is 7. The smallest absolute Gasteiger partial charge is 0.316 e. The number of aliphatic hydroxyl groups excluding tert-OH is 3. The van der Waals surface area contributed by atoms with Crippen molar-refractivity contribution in [3.8, 4) is 5.75 Å². The first-order valence-electron chi connectivity index (χ1n) is 14.9. The molecule has 6 atom stereocenters. The third-order valence-corrected chi connectivity index (χ3v) is 9.03. The van der Waals surface area contributed by atoms with Crippen LogP contribution in [0.2, 0.25) is 0 Å². The summed E-state index contributed by atoms with van der Waals surface area (Å²) in [4.78, 5) is 12.6. The van der Waals surface area contributed by atoms with Gasteiger partial charge in [0.05, 0.1) is 44.5 Å². The van der Waals surface area contributed by atoms with Gasteiger partial charge >= 0.3 is 5.97 Å². The average Bonchev–Trinajstić information content (AvgIpc) is 3.09. The first-order valence-corrected chi connectivity index (χ1v) is 14.9. The standard InChI is InChI=1S/C20H30NO3.C13H21NO3/c1-14(2)21(3)16-9-10-17(21)12-18(11-16)24-20(23)19(13-22)15-7-5-4-6-8-15;1-13(2,3)14-7-12(17)9-4-5-11(16)10(6-9)8-15/h4-8,14,16-19,22H,9-13H2,1-3H3;4-6,12,14-17H,7-8H2,1-3H3/q+1;/t16-,17+,18?,19?,21?;. The molecule has 228 valence electrons. The number of nitrogens with zero attached hydrogens (tertiary/aromatic N) is 1. The van der Waals surface area contributed by atoms with E-state index in [4.69, 9.17) is 9.84 Å². The molecule has 2 saturated heterocycles. The molecule has 0 spiro atoms. The van der Waals surface area contributed by atoms with Crippen LogP contribution in [0, 0.1) is 0 Å². The SMILES string of the molecule is CC(C)(C)NCC(O)c1ccc(O)c(CO)c1.CC(C)[N+]1(C)[C@@H]2CC[C@H]1CC(OC(=O)C(CO)c1ccccc1)C2. The summed E-state index contributed by atoms with van der Waals surface area (Å²) in [6.45, 7) is 10.7. The maximum absolute atomic E-state index is 12.6. The lowest BCUT2D eigenvalue weighted by Gasteiger charge is -2.49. The van der Waals surface area contributed by atoms with Gasteiger partial charge in [0, 0.05) is 43.3 Å². The zero-order valence-corrected chi connectivity index (χ0v) is 25.6. The summed E-state index contributed by atoms with van der Waals surface area (Å²) in [7, 11) is 2.37. The minimum atomic E-state index is -0.653. The van der Waals surface area contributed by atoms with Crippen molar-refractivity contribution in [2.24, 2.45) is 0 Å². The van der Waals surface area contributed by atoms with E-state index in [1.54, 1.807) is 12.1 Å². The van der Waals surface area contributed by atoms with Crippen molar-refractivity contribution in [3.63, 3.8) is 0 Å². The van der Waals surface area contributed by atoms with Gasteiger partial charge in [-0.15, -0.1) is 0 Å². The highest BCUT2D eigenvalue weighted by atomic mass is 16.5. The molecule has 4 unspecified atom stereocenters. The van der Waals surface area contributed by atoms with Crippen LogP contribution in [0.3, 0.4) is 0 Å². The highest BCUT2D eigenvalue weighted by molar-refractivity contribution is 5.78. The molecule has 2 aromatic carbocycles. The molecule has 0 saturated carbocycles. The molecule has 2 aromatic rings. The molecule has 0 radical (unpaired) electrons. The minimum Gasteiger partial charge on any atom is -0.508 e. The topological polar surface area (TPSA) is 119 Å². The van der Waals surface area contributed by atoms with Crippen molar-refractivity contribution in [1.82, 2.24) is 5.32 Å². The first kappa shape index (κ1) is 33.0. The number of piperidine rings is 1. The third kappa shape index (κ3) is 8.30. The molecule has 0 aromatic heterocycles. The molecule has 8 heteroatoms. The molecule has 4 rings (SSSR count). The van der Waals surface area contributed by atoms with Gasteiger partial charge < -0.3 is 35.0 Å². The zero-order chi connectivity index (χ0) is 30.4. The Kier molecular flexibility index (Phi) is 11.4. The van der Waals surface area contributed by atoms with E-state index >= 15 is 0 Å². The van der Waals surface area contributed by atoms with Gasteiger partial charge in [0.15, 0.2) is 0 Å². The fourth-order valence-electron chi connectivity index (χ4n) is 6.28. The molecular weight excluding hydrogens is 520 g/mol. The molecular formula is C33H51N2O6+. The van der Waals surface area contributed by atoms with E-state index in [0.717, 1.165) is 22.9 Å². The van der Waals surface area contributed by atoms with Crippen LogP contribution in [0.25, 0.3) is 0 Å². The van der Waals surface area contributed by atoms with E-state index in [0.29, 0.717) is 35.8 Å².